The van der Waals surface area contributed by atoms with Crippen molar-refractivity contribution in [2.75, 3.05) is 20.4 Å². The highest BCUT2D eigenvalue weighted by Gasteiger charge is 2.56. The zero-order chi connectivity index (χ0) is 24.5. The van der Waals surface area contributed by atoms with E-state index in [1.165, 1.54) is 0 Å². The Balaban J connectivity index is 1.47. The van der Waals surface area contributed by atoms with E-state index in [1.54, 1.807) is 7.11 Å². The van der Waals surface area contributed by atoms with E-state index in [0.29, 0.717) is 31.1 Å². The van der Waals surface area contributed by atoms with Gasteiger partial charge >= 0.3 is 0 Å². The third kappa shape index (κ3) is 4.56. The van der Waals surface area contributed by atoms with Gasteiger partial charge in [0.05, 0.1) is 13.7 Å². The molecule has 184 valence electrons. The van der Waals surface area contributed by atoms with E-state index in [2.05, 4.69) is 16.1 Å². The Morgan fingerprint density at radius 1 is 1.09 bits per heavy atom. The third-order valence-corrected chi connectivity index (χ3v) is 6.74. The molecule has 0 unspecified atom stereocenters. The number of rotatable bonds is 8. The monoisotopic (exact) mass is 479 g/mol. The van der Waals surface area contributed by atoms with Crippen LogP contribution in [-0.4, -0.2) is 44.5 Å². The highest BCUT2D eigenvalue weighted by atomic mass is 16.8. The smallest absolute Gasteiger partial charge is 0.231 e. The number of nitrogens with zero attached hydrogens (tertiary/aromatic N) is 3. The standard InChI is InChI=1S/C26H29N3O6/c1-25(2)34-23-21(31-15-17-4-7-19(30-3)8-5-17)10-11-26(24(23)35-25,12-13-28-29-27)18-6-9-20-22(14-18)33-16-32-20/h4-11,14,21,23-24H,12-13,15-16H2,1-3H3/t21-,23+,24+,26-/m1/s1. The number of ether oxygens (including phenoxy) is 6. The number of hydrogen-bond donors (Lipinski definition) is 0. The van der Waals surface area contributed by atoms with Gasteiger partial charge in [-0.25, -0.2) is 0 Å². The van der Waals surface area contributed by atoms with Crippen LogP contribution in [0.3, 0.4) is 0 Å². The molecule has 9 nitrogen and oxygen atoms in total. The summed E-state index contributed by atoms with van der Waals surface area (Å²) in [5.41, 5.74) is 10.3. The van der Waals surface area contributed by atoms with Crippen LogP contribution in [0.4, 0.5) is 0 Å². The maximum Gasteiger partial charge on any atom is 0.231 e. The van der Waals surface area contributed by atoms with Gasteiger partial charge in [-0.3, -0.25) is 0 Å². The van der Waals surface area contributed by atoms with Crippen molar-refractivity contribution < 1.29 is 28.4 Å². The highest BCUT2D eigenvalue weighted by Crippen LogP contribution is 2.49. The molecular formula is C26H29N3O6. The van der Waals surface area contributed by atoms with Gasteiger partial charge in [-0.05, 0) is 61.2 Å². The van der Waals surface area contributed by atoms with E-state index in [0.717, 1.165) is 16.9 Å². The summed E-state index contributed by atoms with van der Waals surface area (Å²) in [6, 6.07) is 13.7. The fraction of sp³-hybridized carbons (Fsp3) is 0.462. The Labute approximate surface area is 204 Å². The summed E-state index contributed by atoms with van der Waals surface area (Å²) < 4.78 is 35.6. The first kappa shape index (κ1) is 23.5. The molecule has 1 fully saturated rings. The summed E-state index contributed by atoms with van der Waals surface area (Å²) in [5.74, 6) is 1.39. The number of benzene rings is 2. The molecule has 0 radical (unpaired) electrons. The van der Waals surface area contributed by atoms with Crippen LogP contribution in [0.15, 0.2) is 59.7 Å². The van der Waals surface area contributed by atoms with Crippen LogP contribution in [0.1, 0.15) is 31.4 Å². The van der Waals surface area contributed by atoms with Crippen LogP contribution in [0.5, 0.6) is 17.2 Å². The average Bonchev–Trinajstić information content (AvgIpc) is 3.47. The molecule has 0 N–H and O–H groups in total. The van der Waals surface area contributed by atoms with E-state index in [4.69, 9.17) is 34.0 Å². The minimum Gasteiger partial charge on any atom is -0.497 e. The van der Waals surface area contributed by atoms with Crippen LogP contribution >= 0.6 is 0 Å². The van der Waals surface area contributed by atoms with Crippen molar-refractivity contribution in [3.05, 3.63) is 76.2 Å². The number of hydrogen-bond acceptors (Lipinski definition) is 7. The molecule has 0 bridgehead atoms. The first-order chi connectivity index (χ1) is 16.9. The van der Waals surface area contributed by atoms with Crippen molar-refractivity contribution in [2.45, 2.75) is 56.4 Å². The minimum absolute atomic E-state index is 0.195. The Hall–Kier alpha value is -3.23. The highest BCUT2D eigenvalue weighted by molar-refractivity contribution is 5.49. The van der Waals surface area contributed by atoms with Crippen LogP contribution in [0.25, 0.3) is 10.4 Å². The zero-order valence-corrected chi connectivity index (χ0v) is 20.0. The average molecular weight is 480 g/mol. The molecular weight excluding hydrogens is 450 g/mol. The zero-order valence-electron chi connectivity index (χ0n) is 20.0. The largest absolute Gasteiger partial charge is 0.497 e. The summed E-state index contributed by atoms with van der Waals surface area (Å²) in [6.45, 7) is 4.73. The molecule has 35 heavy (non-hydrogen) atoms. The molecule has 2 aliphatic heterocycles. The van der Waals surface area contributed by atoms with E-state index >= 15 is 0 Å². The second kappa shape index (κ2) is 9.43. The molecule has 3 aliphatic rings. The molecule has 0 spiro atoms. The van der Waals surface area contributed by atoms with Gasteiger partial charge in [0.1, 0.15) is 24.1 Å². The summed E-state index contributed by atoms with van der Waals surface area (Å²) in [5, 5.41) is 3.82. The molecule has 2 heterocycles. The molecule has 0 saturated carbocycles. The van der Waals surface area contributed by atoms with E-state index in [9.17, 15) is 0 Å². The Kier molecular flexibility index (Phi) is 6.34. The summed E-state index contributed by atoms with van der Waals surface area (Å²) >= 11 is 0. The summed E-state index contributed by atoms with van der Waals surface area (Å²) in [4.78, 5) is 2.96. The molecule has 0 aromatic heterocycles. The Bertz CT molecular complexity index is 1140. The van der Waals surface area contributed by atoms with Crippen LogP contribution < -0.4 is 14.2 Å². The lowest BCUT2D eigenvalue weighted by molar-refractivity contribution is -0.157. The van der Waals surface area contributed by atoms with Crippen LogP contribution in [0, 0.1) is 0 Å². The van der Waals surface area contributed by atoms with Crippen molar-refractivity contribution in [1.82, 2.24) is 0 Å². The fourth-order valence-electron chi connectivity index (χ4n) is 5.06. The van der Waals surface area contributed by atoms with Gasteiger partial charge in [0.15, 0.2) is 17.3 Å². The topological polar surface area (TPSA) is 104 Å². The second-order valence-corrected chi connectivity index (χ2v) is 9.32. The maximum absolute atomic E-state index is 8.92. The van der Waals surface area contributed by atoms with E-state index < -0.39 is 11.2 Å². The first-order valence-electron chi connectivity index (χ1n) is 11.6. The number of azide groups is 1. The third-order valence-electron chi connectivity index (χ3n) is 6.74. The lowest BCUT2D eigenvalue weighted by atomic mass is 9.67. The quantitative estimate of drug-likeness (QED) is 0.227. The van der Waals surface area contributed by atoms with Crippen molar-refractivity contribution in [2.24, 2.45) is 5.11 Å². The summed E-state index contributed by atoms with van der Waals surface area (Å²) in [6.07, 6.45) is 3.66. The maximum atomic E-state index is 8.92. The molecule has 0 amide bonds. The normalized spacial score (nSPS) is 27.8. The molecule has 2 aromatic carbocycles. The van der Waals surface area contributed by atoms with Gasteiger partial charge in [0.2, 0.25) is 6.79 Å². The Morgan fingerprint density at radius 2 is 1.89 bits per heavy atom. The predicted octanol–water partition coefficient (Wildman–Crippen LogP) is 5.04. The van der Waals surface area contributed by atoms with Crippen molar-refractivity contribution in [3.8, 4) is 17.2 Å². The Morgan fingerprint density at radius 3 is 2.66 bits per heavy atom. The molecule has 1 aliphatic carbocycles. The van der Waals surface area contributed by atoms with Crippen molar-refractivity contribution >= 4 is 0 Å². The number of methoxy groups -OCH3 is 1. The van der Waals surface area contributed by atoms with Crippen LogP contribution in [-0.2, 0) is 26.2 Å². The summed E-state index contributed by atoms with van der Waals surface area (Å²) in [7, 11) is 1.64. The fourth-order valence-corrected chi connectivity index (χ4v) is 5.06. The van der Waals surface area contributed by atoms with E-state index in [1.807, 2.05) is 62.4 Å². The van der Waals surface area contributed by atoms with Gasteiger partial charge in [0, 0.05) is 16.9 Å². The predicted molar refractivity (Wildman–Crippen MR) is 127 cm³/mol. The lowest BCUT2D eigenvalue weighted by Crippen LogP contribution is -2.52. The van der Waals surface area contributed by atoms with Crippen molar-refractivity contribution in [1.29, 1.82) is 0 Å². The van der Waals surface area contributed by atoms with E-state index in [-0.39, 0.29) is 25.1 Å². The van der Waals surface area contributed by atoms with Crippen molar-refractivity contribution in [3.63, 3.8) is 0 Å². The molecule has 4 atom stereocenters. The second-order valence-electron chi connectivity index (χ2n) is 9.32. The molecule has 1 saturated heterocycles. The van der Waals surface area contributed by atoms with Gasteiger partial charge in [0.25, 0.3) is 0 Å². The van der Waals surface area contributed by atoms with Crippen LogP contribution in [0.2, 0.25) is 0 Å². The van der Waals surface area contributed by atoms with Gasteiger partial charge < -0.3 is 28.4 Å². The first-order valence-corrected chi connectivity index (χ1v) is 11.6. The van der Waals surface area contributed by atoms with Gasteiger partial charge in [-0.1, -0.05) is 35.5 Å². The molecule has 5 rings (SSSR count). The SMILES string of the molecule is COc1ccc(CO[C@@H]2C=C[C@@](CCN=[N+]=[N-])(c3ccc4c(c3)OCO4)[C@H]3OC(C)(C)O[C@@H]23)cc1. The minimum atomic E-state index is -0.802. The molecule has 9 heteroatoms. The lowest BCUT2D eigenvalue weighted by Gasteiger charge is -2.43. The molecule has 2 aromatic rings. The van der Waals surface area contributed by atoms with Gasteiger partial charge in [-0.2, -0.15) is 0 Å². The van der Waals surface area contributed by atoms with Gasteiger partial charge in [-0.15, -0.1) is 0 Å². The number of fused-ring (bicyclic) bond motifs is 2.